The molecular weight excluding hydrogens is 700 g/mol. The number of amides is 5. The van der Waals surface area contributed by atoms with Crippen molar-refractivity contribution in [3.63, 3.8) is 0 Å². The van der Waals surface area contributed by atoms with Gasteiger partial charge in [-0.3, -0.25) is 24.0 Å². The maximum Gasteiger partial charge on any atom is 0.534 e. The summed E-state index contributed by atoms with van der Waals surface area (Å²) in [5.74, 6) is -3.46. The Morgan fingerprint density at radius 2 is 1.19 bits per heavy atom. The Kier molecular flexibility index (Phi) is 19.2. The fourth-order valence-corrected chi connectivity index (χ4v) is 4.43. The molecule has 1 unspecified atom stereocenters. The molecule has 18 heteroatoms. The second kappa shape index (κ2) is 21.9. The quantitative estimate of drug-likeness (QED) is 0.0701. The van der Waals surface area contributed by atoms with Gasteiger partial charge in [0, 0.05) is 38.8 Å². The van der Waals surface area contributed by atoms with Crippen molar-refractivity contribution in [1.82, 2.24) is 21.0 Å². The molecule has 0 bridgehead atoms. The third-order valence-electron chi connectivity index (χ3n) is 6.60. The summed E-state index contributed by atoms with van der Waals surface area (Å²) in [4.78, 5) is 103. The molecule has 18 nitrogen and oxygen atoms in total. The smallest absolute Gasteiger partial charge is 0.460 e. The number of nitrogens with one attached hydrogen (secondary N) is 3. The minimum Gasteiger partial charge on any atom is -0.460 e. The Balaban J connectivity index is 2.52. The number of imide groups is 1. The van der Waals surface area contributed by atoms with Crippen molar-refractivity contribution in [2.45, 2.75) is 149 Å². The van der Waals surface area contributed by atoms with Crippen LogP contribution >= 0.6 is 0 Å². The van der Waals surface area contributed by atoms with Crippen LogP contribution in [0.25, 0.3) is 0 Å². The Morgan fingerprint density at radius 1 is 0.660 bits per heavy atom. The highest BCUT2D eigenvalue weighted by Crippen LogP contribution is 2.16. The zero-order chi connectivity index (χ0) is 40.4. The SMILES string of the molecule is CC(C)(C)OC(=O)CC[C@H](NC(=O)NC(CCCCNC(=O)CCCOCCOC(=O)ON1C(=O)CCC1=O)C(=O)OC(C)(C)C)C(=O)OC(C)(C)C. The largest absolute Gasteiger partial charge is 0.534 e. The minimum atomic E-state index is -1.21. The first kappa shape index (κ1) is 46.5. The van der Waals surface area contributed by atoms with Crippen LogP contribution in [0, 0.1) is 0 Å². The van der Waals surface area contributed by atoms with E-state index in [0.717, 1.165) is 0 Å². The maximum absolute atomic E-state index is 13.1. The molecule has 1 saturated heterocycles. The van der Waals surface area contributed by atoms with Crippen molar-refractivity contribution in [3.05, 3.63) is 0 Å². The molecule has 0 aromatic carbocycles. The van der Waals surface area contributed by atoms with E-state index in [1.165, 1.54) is 0 Å². The van der Waals surface area contributed by atoms with Crippen LogP contribution in [0.1, 0.15) is 120 Å². The van der Waals surface area contributed by atoms with Crippen LogP contribution in [0.4, 0.5) is 9.59 Å². The van der Waals surface area contributed by atoms with Crippen LogP contribution in [-0.4, -0.2) is 108 Å². The van der Waals surface area contributed by atoms with E-state index in [-0.39, 0.29) is 64.3 Å². The van der Waals surface area contributed by atoms with Gasteiger partial charge in [0.1, 0.15) is 35.5 Å². The Bertz CT molecular complexity index is 1270. The number of ether oxygens (including phenoxy) is 5. The number of unbranched alkanes of at least 4 members (excludes halogenated alkanes) is 1. The number of hydroxylamine groups is 2. The third-order valence-corrected chi connectivity index (χ3v) is 6.60. The van der Waals surface area contributed by atoms with Crippen molar-refractivity contribution in [1.29, 1.82) is 0 Å². The van der Waals surface area contributed by atoms with E-state index in [1.54, 1.807) is 62.3 Å². The molecule has 0 radical (unpaired) electrons. The van der Waals surface area contributed by atoms with Gasteiger partial charge in [0.25, 0.3) is 11.8 Å². The molecule has 2 atom stereocenters. The lowest BCUT2D eigenvalue weighted by atomic mass is 10.1. The molecule has 0 aliphatic carbocycles. The standard InChI is InChI=1S/C35H58N4O14/c1-33(2,3)50-28(43)18-15-24(30(45)52-35(7,8)9)38-31(46)37-23(29(44)51-34(4,5)6)13-10-11-19-36-25(40)14-12-20-48-21-22-49-32(47)53-39-26(41)16-17-27(39)42/h23-24H,10-22H2,1-9H3,(H,36,40)(H2,37,38,46)/t23?,24-/m0/s1. The summed E-state index contributed by atoms with van der Waals surface area (Å²) in [6.45, 7) is 15.5. The Labute approximate surface area is 310 Å². The second-order valence-electron chi connectivity index (χ2n) is 15.2. The lowest BCUT2D eigenvalue weighted by Crippen LogP contribution is -2.53. The molecule has 0 spiro atoms. The predicted octanol–water partition coefficient (Wildman–Crippen LogP) is 3.13. The lowest BCUT2D eigenvalue weighted by Gasteiger charge is -2.27. The number of nitrogens with zero attached hydrogens (tertiary/aromatic N) is 1. The van der Waals surface area contributed by atoms with Crippen molar-refractivity contribution in [2.24, 2.45) is 0 Å². The fourth-order valence-electron chi connectivity index (χ4n) is 4.43. The van der Waals surface area contributed by atoms with Crippen LogP contribution in [0.15, 0.2) is 0 Å². The average Bonchev–Trinajstić information content (AvgIpc) is 3.31. The highest BCUT2D eigenvalue weighted by molar-refractivity contribution is 6.01. The second-order valence-corrected chi connectivity index (χ2v) is 15.2. The van der Waals surface area contributed by atoms with Gasteiger partial charge >= 0.3 is 30.1 Å². The van der Waals surface area contributed by atoms with E-state index in [0.29, 0.717) is 30.9 Å². The van der Waals surface area contributed by atoms with Crippen molar-refractivity contribution < 1.29 is 66.9 Å². The summed E-state index contributed by atoms with van der Waals surface area (Å²) in [5, 5.41) is 8.24. The molecule has 1 aliphatic heterocycles. The van der Waals surface area contributed by atoms with Crippen LogP contribution in [-0.2, 0) is 57.3 Å². The monoisotopic (exact) mass is 758 g/mol. The Hall–Kier alpha value is -4.48. The maximum atomic E-state index is 13.1. The summed E-state index contributed by atoms with van der Waals surface area (Å²) in [7, 11) is 0. The van der Waals surface area contributed by atoms with Gasteiger partial charge in [-0.1, -0.05) is 5.06 Å². The van der Waals surface area contributed by atoms with E-state index in [1.807, 2.05) is 0 Å². The Morgan fingerprint density at radius 3 is 1.72 bits per heavy atom. The van der Waals surface area contributed by atoms with E-state index >= 15 is 0 Å². The van der Waals surface area contributed by atoms with Gasteiger partial charge in [0.15, 0.2) is 0 Å². The van der Waals surface area contributed by atoms with Gasteiger partial charge in [-0.25, -0.2) is 19.2 Å². The molecule has 1 aliphatic rings. The van der Waals surface area contributed by atoms with Gasteiger partial charge in [0.05, 0.1) is 6.61 Å². The molecule has 5 amide bonds. The van der Waals surface area contributed by atoms with Gasteiger partial charge in [-0.2, -0.15) is 0 Å². The van der Waals surface area contributed by atoms with Crippen molar-refractivity contribution in [3.8, 4) is 0 Å². The van der Waals surface area contributed by atoms with Crippen molar-refractivity contribution in [2.75, 3.05) is 26.4 Å². The van der Waals surface area contributed by atoms with Gasteiger partial charge in [-0.05, 0) is 94.4 Å². The van der Waals surface area contributed by atoms with Crippen LogP contribution in [0.3, 0.4) is 0 Å². The van der Waals surface area contributed by atoms with Crippen LogP contribution in [0.2, 0.25) is 0 Å². The summed E-state index contributed by atoms with van der Waals surface area (Å²) in [6, 6.07) is -3.12. The van der Waals surface area contributed by atoms with E-state index < -0.39 is 70.8 Å². The number of hydrogen-bond acceptors (Lipinski definition) is 14. The molecule has 3 N–H and O–H groups in total. The number of rotatable bonds is 20. The van der Waals surface area contributed by atoms with Gasteiger partial charge < -0.3 is 39.6 Å². The number of urea groups is 1. The summed E-state index contributed by atoms with van der Waals surface area (Å²) < 4.78 is 26.3. The van der Waals surface area contributed by atoms with Crippen molar-refractivity contribution >= 4 is 47.8 Å². The molecule has 1 heterocycles. The first-order chi connectivity index (χ1) is 24.5. The summed E-state index contributed by atoms with van der Waals surface area (Å²) in [5.41, 5.74) is -2.44. The molecular formula is C35H58N4O14. The number of esters is 3. The number of carbonyl (C=O) groups excluding carboxylic acids is 8. The highest BCUT2D eigenvalue weighted by atomic mass is 16.8. The number of hydrogen-bond donors (Lipinski definition) is 3. The molecule has 1 fully saturated rings. The molecule has 1 rings (SSSR count). The highest BCUT2D eigenvalue weighted by Gasteiger charge is 2.34. The minimum absolute atomic E-state index is 0.0111. The zero-order valence-electron chi connectivity index (χ0n) is 32.5. The molecule has 0 saturated carbocycles. The summed E-state index contributed by atoms with van der Waals surface area (Å²) in [6.07, 6.45) is 0.0803. The van der Waals surface area contributed by atoms with E-state index in [9.17, 15) is 38.4 Å². The molecule has 0 aromatic heterocycles. The van der Waals surface area contributed by atoms with Crippen LogP contribution < -0.4 is 16.0 Å². The van der Waals surface area contributed by atoms with E-state index in [4.69, 9.17) is 23.7 Å². The first-order valence-electron chi connectivity index (χ1n) is 17.8. The molecule has 0 aromatic rings. The van der Waals surface area contributed by atoms with Gasteiger partial charge in [0.2, 0.25) is 5.91 Å². The lowest BCUT2D eigenvalue weighted by molar-refractivity contribution is -0.177. The summed E-state index contributed by atoms with van der Waals surface area (Å²) >= 11 is 0. The molecule has 302 valence electrons. The average molecular weight is 759 g/mol. The number of carbonyl (C=O) groups is 8. The third kappa shape index (κ3) is 22.3. The van der Waals surface area contributed by atoms with Gasteiger partial charge in [-0.15, -0.1) is 0 Å². The van der Waals surface area contributed by atoms with E-state index in [2.05, 4.69) is 20.8 Å². The first-order valence-corrected chi connectivity index (χ1v) is 17.8. The topological polar surface area (TPSA) is 231 Å². The zero-order valence-corrected chi connectivity index (χ0v) is 32.5. The predicted molar refractivity (Wildman–Crippen MR) is 186 cm³/mol. The fraction of sp³-hybridized carbons (Fsp3) is 0.771. The van der Waals surface area contributed by atoms with Crippen LogP contribution in [0.5, 0.6) is 0 Å². The normalized spacial score (nSPS) is 14.5. The molecule has 53 heavy (non-hydrogen) atoms.